The van der Waals surface area contributed by atoms with Gasteiger partial charge in [-0.2, -0.15) is 0 Å². The van der Waals surface area contributed by atoms with Gasteiger partial charge in [-0.15, -0.1) is 5.10 Å². The van der Waals surface area contributed by atoms with Gasteiger partial charge in [-0.3, -0.25) is 38.8 Å². The van der Waals surface area contributed by atoms with E-state index in [4.69, 9.17) is 9.72 Å². The summed E-state index contributed by atoms with van der Waals surface area (Å²) in [6.45, 7) is 3.65. The summed E-state index contributed by atoms with van der Waals surface area (Å²) in [4.78, 5) is 91.7. The molecule has 2 aromatic heterocycles. The number of nitrogens with one attached hydrogen (secondary N) is 3. The number of nitrogens with zero attached hydrogens (tertiary/aromatic N) is 8. The van der Waals surface area contributed by atoms with E-state index < -0.39 is 11.9 Å². The van der Waals surface area contributed by atoms with Gasteiger partial charge in [0.05, 0.1) is 25.5 Å². The monoisotopic (exact) mass is 859 g/mol. The zero-order valence-electron chi connectivity index (χ0n) is 35.9. The van der Waals surface area contributed by atoms with Gasteiger partial charge in [0, 0.05) is 99.0 Å². The first-order chi connectivity index (χ1) is 30.5. The van der Waals surface area contributed by atoms with E-state index in [1.807, 2.05) is 19.2 Å². The normalized spacial score (nSPS) is 18.7. The number of rotatable bonds is 17. The number of piperidine rings is 1. The van der Waals surface area contributed by atoms with E-state index in [1.54, 1.807) is 60.3 Å². The van der Waals surface area contributed by atoms with Crippen LogP contribution in [0.4, 0.5) is 17.2 Å². The van der Waals surface area contributed by atoms with E-state index in [2.05, 4.69) is 36.1 Å². The van der Waals surface area contributed by atoms with Crippen molar-refractivity contribution in [3.63, 3.8) is 0 Å². The van der Waals surface area contributed by atoms with Gasteiger partial charge in [0.25, 0.3) is 5.91 Å². The predicted octanol–water partition coefficient (Wildman–Crippen LogP) is 3.37. The zero-order valence-corrected chi connectivity index (χ0v) is 35.9. The Morgan fingerprint density at radius 2 is 1.84 bits per heavy atom. The van der Waals surface area contributed by atoms with Crippen molar-refractivity contribution in [3.8, 4) is 5.75 Å². The van der Waals surface area contributed by atoms with Gasteiger partial charge in [-0.1, -0.05) is 43.2 Å². The number of imide groups is 1. The van der Waals surface area contributed by atoms with Crippen LogP contribution in [0.25, 0.3) is 0 Å². The summed E-state index contributed by atoms with van der Waals surface area (Å²) in [6.07, 6.45) is 10.3. The van der Waals surface area contributed by atoms with Gasteiger partial charge in [0.1, 0.15) is 29.3 Å². The molecule has 2 atom stereocenters. The fourth-order valence-electron chi connectivity index (χ4n) is 9.12. The number of carbonyl (C=O) groups is 6. The van der Waals surface area contributed by atoms with Gasteiger partial charge >= 0.3 is 0 Å². The third kappa shape index (κ3) is 9.16. The molecule has 63 heavy (non-hydrogen) atoms. The Morgan fingerprint density at radius 1 is 1.02 bits per heavy atom. The molecule has 0 radical (unpaired) electrons. The van der Waals surface area contributed by atoms with Gasteiger partial charge in [-0.05, 0) is 43.9 Å². The highest BCUT2D eigenvalue weighted by atomic mass is 16.5. The first-order valence-electron chi connectivity index (χ1n) is 21.8. The molecule has 1 unspecified atom stereocenters. The van der Waals surface area contributed by atoms with Crippen molar-refractivity contribution >= 4 is 52.5 Å². The van der Waals surface area contributed by atoms with Gasteiger partial charge in [-0.25, -0.2) is 9.97 Å². The first-order valence-corrected chi connectivity index (χ1v) is 21.8. The summed E-state index contributed by atoms with van der Waals surface area (Å²) in [6, 6.07) is 9.84. The summed E-state index contributed by atoms with van der Waals surface area (Å²) in [5, 5.41) is 16.9. The van der Waals surface area contributed by atoms with Crippen LogP contribution in [0.1, 0.15) is 108 Å². The number of Topliss-reactive ketones (excluding diaryl/α,β-unsaturated/α-hetero) is 1. The predicted molar refractivity (Wildman–Crippen MR) is 231 cm³/mol. The topological polar surface area (TPSA) is 214 Å². The number of benzene rings is 2. The molecule has 0 spiro atoms. The third-order valence-corrected chi connectivity index (χ3v) is 12.5. The highest BCUT2D eigenvalue weighted by Crippen LogP contribution is 2.40. The first kappa shape index (κ1) is 43.1. The molecule has 4 aromatic rings. The van der Waals surface area contributed by atoms with E-state index in [-0.39, 0.29) is 73.7 Å². The molecule has 5 heterocycles. The molecule has 2 aromatic carbocycles. The molecule has 0 bridgehead atoms. The van der Waals surface area contributed by atoms with Crippen molar-refractivity contribution in [1.82, 2.24) is 40.5 Å². The minimum absolute atomic E-state index is 0.0522. The Morgan fingerprint density at radius 3 is 2.62 bits per heavy atom. The van der Waals surface area contributed by atoms with Crippen LogP contribution in [0.2, 0.25) is 0 Å². The zero-order chi connectivity index (χ0) is 44.2. The fraction of sp³-hybridized carbons (Fsp3) is 0.467. The minimum Gasteiger partial charge on any atom is -0.496 e. The number of hydrogen-bond donors (Lipinski definition) is 3. The lowest BCUT2D eigenvalue weighted by molar-refractivity contribution is -0.137. The Balaban J connectivity index is 0.789. The number of amides is 5. The largest absolute Gasteiger partial charge is 0.496 e. The second kappa shape index (κ2) is 18.8. The number of aromatic nitrogens is 5. The maximum Gasteiger partial charge on any atom is 0.255 e. The Labute approximate surface area is 365 Å². The number of hydrogen-bond acceptors (Lipinski definition) is 13. The second-order valence-corrected chi connectivity index (χ2v) is 16.5. The van der Waals surface area contributed by atoms with Gasteiger partial charge < -0.3 is 30.1 Å². The molecule has 3 N–H and O–H groups in total. The second-order valence-electron chi connectivity index (χ2n) is 16.5. The molecule has 1 aliphatic carbocycles. The van der Waals surface area contributed by atoms with Crippen LogP contribution < -0.4 is 30.5 Å². The number of methoxy groups -OCH3 is 1. The quantitative estimate of drug-likeness (QED) is 0.0791. The van der Waals surface area contributed by atoms with Crippen molar-refractivity contribution in [2.24, 2.45) is 0 Å². The Kier molecular flexibility index (Phi) is 12.9. The molecule has 1 saturated heterocycles. The average Bonchev–Trinajstić information content (AvgIpc) is 4.06. The lowest BCUT2D eigenvalue weighted by Gasteiger charge is -2.43. The van der Waals surface area contributed by atoms with Crippen LogP contribution in [-0.2, 0) is 45.1 Å². The number of aryl methyl sites for hydroxylation is 1. The van der Waals surface area contributed by atoms with E-state index in [1.165, 1.54) is 4.90 Å². The summed E-state index contributed by atoms with van der Waals surface area (Å²) in [5.74, 6) is 0.650. The standard InChI is InChI=1S/C45H53N11O7/c1-4-34-45(62)53(2)36-24-47-39(49-42(36)56(34)30-8-5-6-9-30)23-28-13-12-27(22-38(28)63-3)37(57)16-14-29-25-54(52-51-29)21-20-46-19-18-41(59)48-33-11-7-10-31-32(33)26-55(44(31)61)35-15-17-40(58)50-43(35)60/h7,10-13,22,24-25,30,34-35,46H,4-6,8-9,14-21,23,26H2,1-3H3,(H,48,59)(H,50,58,60)/t34-,35?/m1/s1. The maximum atomic E-state index is 13.3. The lowest BCUT2D eigenvalue weighted by Crippen LogP contribution is -2.55. The highest BCUT2D eigenvalue weighted by Gasteiger charge is 2.42. The number of anilines is 3. The van der Waals surface area contributed by atoms with Gasteiger partial charge in [0.2, 0.25) is 23.6 Å². The number of ketones is 1. The molecule has 18 heteroatoms. The third-order valence-electron chi connectivity index (χ3n) is 12.5. The van der Waals surface area contributed by atoms with Crippen LogP contribution in [0, 0.1) is 0 Å². The van der Waals surface area contributed by atoms with Crippen LogP contribution in [0.5, 0.6) is 5.75 Å². The van der Waals surface area contributed by atoms with Crippen molar-refractivity contribution in [2.45, 2.75) is 109 Å². The van der Waals surface area contributed by atoms with Crippen LogP contribution in [0.15, 0.2) is 48.8 Å². The number of carbonyl (C=O) groups excluding carboxylic acids is 6. The van der Waals surface area contributed by atoms with Crippen LogP contribution in [-0.4, -0.2) is 111 Å². The van der Waals surface area contributed by atoms with E-state index in [0.29, 0.717) is 78.5 Å². The molecule has 2 fully saturated rings. The van der Waals surface area contributed by atoms with Crippen LogP contribution >= 0.6 is 0 Å². The van der Waals surface area contributed by atoms with Crippen molar-refractivity contribution in [1.29, 1.82) is 0 Å². The summed E-state index contributed by atoms with van der Waals surface area (Å²) >= 11 is 0. The molecule has 8 rings (SSSR count). The van der Waals surface area contributed by atoms with Crippen molar-refractivity contribution in [3.05, 3.63) is 82.6 Å². The molecule has 3 aliphatic heterocycles. The van der Waals surface area contributed by atoms with E-state index in [0.717, 1.165) is 42.8 Å². The summed E-state index contributed by atoms with van der Waals surface area (Å²) in [5.41, 5.74) is 4.38. The summed E-state index contributed by atoms with van der Waals surface area (Å²) in [7, 11) is 3.37. The van der Waals surface area contributed by atoms with E-state index in [9.17, 15) is 28.8 Å². The molecule has 1 saturated carbocycles. The summed E-state index contributed by atoms with van der Waals surface area (Å²) < 4.78 is 7.43. The van der Waals surface area contributed by atoms with Crippen molar-refractivity contribution in [2.75, 3.05) is 42.4 Å². The highest BCUT2D eigenvalue weighted by molar-refractivity contribution is 6.07. The van der Waals surface area contributed by atoms with Crippen LogP contribution in [0.3, 0.4) is 0 Å². The molecule has 330 valence electrons. The van der Waals surface area contributed by atoms with Crippen molar-refractivity contribution < 1.29 is 33.5 Å². The van der Waals surface area contributed by atoms with E-state index >= 15 is 0 Å². The van der Waals surface area contributed by atoms with Gasteiger partial charge in [0.15, 0.2) is 11.6 Å². The lowest BCUT2D eigenvalue weighted by atomic mass is 10.0. The Hall–Kier alpha value is -6.56. The smallest absolute Gasteiger partial charge is 0.255 e. The fourth-order valence-corrected chi connectivity index (χ4v) is 9.12. The molecule has 4 aliphatic rings. The Bertz CT molecular complexity index is 2430. The molecule has 18 nitrogen and oxygen atoms in total. The molecular weight excluding hydrogens is 807 g/mol. The maximum absolute atomic E-state index is 13.3. The number of ether oxygens (including phenoxy) is 1. The number of likely N-dealkylation sites (N-methyl/N-ethyl adjacent to an activating group) is 1. The minimum atomic E-state index is -0.733. The molecular formula is C45H53N11O7. The number of fused-ring (bicyclic) bond motifs is 2. The molecule has 5 amide bonds. The SMILES string of the molecule is CC[C@@H]1C(=O)N(C)c2cnc(Cc3ccc(C(=O)CCc4cn(CCNCCC(=O)Nc5cccc6c5CN(C5CCC(=O)NC5=O)C6=O)nn4)cc3OC)nc2N1C1CCCC1. The average molecular weight is 860 g/mol.